The zero-order valence-electron chi connectivity index (χ0n) is 14.6. The molecule has 2 aliphatic rings. The molecule has 1 saturated heterocycles. The normalized spacial score (nSPS) is 21.9. The molecule has 1 fully saturated rings. The van der Waals surface area contributed by atoms with Crippen LogP contribution in [0.2, 0.25) is 5.02 Å². The maximum absolute atomic E-state index is 12.8. The molecular formula is C19H22ClN3O3. The Bertz CT molecular complexity index is 730. The second-order valence-corrected chi connectivity index (χ2v) is 6.72. The van der Waals surface area contributed by atoms with E-state index in [1.165, 1.54) is 0 Å². The highest BCUT2D eigenvalue weighted by atomic mass is 35.5. The number of benzene rings is 1. The van der Waals surface area contributed by atoms with E-state index in [0.717, 1.165) is 12.0 Å². The maximum Gasteiger partial charge on any atom is 0.254 e. The third kappa shape index (κ3) is 4.26. The fraction of sp³-hybridized carbons (Fsp3) is 0.368. The highest BCUT2D eigenvalue weighted by Gasteiger charge is 2.35. The Hall–Kier alpha value is -2.31. The Balaban J connectivity index is 1.62. The highest BCUT2D eigenvalue weighted by Crippen LogP contribution is 2.21. The van der Waals surface area contributed by atoms with E-state index in [9.17, 15) is 9.59 Å². The molecule has 0 aromatic heterocycles. The van der Waals surface area contributed by atoms with Crippen LogP contribution in [-0.2, 0) is 20.9 Å². The van der Waals surface area contributed by atoms with E-state index < -0.39 is 6.04 Å². The van der Waals surface area contributed by atoms with Gasteiger partial charge in [0.25, 0.3) is 5.91 Å². The lowest BCUT2D eigenvalue weighted by molar-refractivity contribution is -0.135. The van der Waals surface area contributed by atoms with Crippen molar-refractivity contribution >= 4 is 23.4 Å². The molecule has 0 spiro atoms. The van der Waals surface area contributed by atoms with Crippen LogP contribution >= 0.6 is 11.6 Å². The number of ether oxygens (including phenoxy) is 1. The number of carbonyl (C=O) groups is 2. The molecule has 138 valence electrons. The van der Waals surface area contributed by atoms with Gasteiger partial charge in [-0.25, -0.2) is 0 Å². The van der Waals surface area contributed by atoms with Gasteiger partial charge in [0.2, 0.25) is 5.91 Å². The molecule has 1 aromatic carbocycles. The number of methoxy groups -OCH3 is 1. The van der Waals surface area contributed by atoms with Crippen molar-refractivity contribution in [2.24, 2.45) is 0 Å². The zero-order valence-corrected chi connectivity index (χ0v) is 15.3. The summed E-state index contributed by atoms with van der Waals surface area (Å²) in [4.78, 5) is 27.1. The van der Waals surface area contributed by atoms with Crippen LogP contribution in [0.5, 0.6) is 0 Å². The van der Waals surface area contributed by atoms with Crippen molar-refractivity contribution in [2.75, 3.05) is 13.7 Å². The third-order valence-electron chi connectivity index (χ3n) is 4.55. The summed E-state index contributed by atoms with van der Waals surface area (Å²) < 4.78 is 5.21. The van der Waals surface area contributed by atoms with Gasteiger partial charge < -0.3 is 20.3 Å². The van der Waals surface area contributed by atoms with E-state index in [4.69, 9.17) is 16.3 Å². The molecule has 26 heavy (non-hydrogen) atoms. The molecule has 0 saturated carbocycles. The zero-order chi connectivity index (χ0) is 18.5. The fourth-order valence-electron chi connectivity index (χ4n) is 3.14. The molecule has 0 aliphatic carbocycles. The van der Waals surface area contributed by atoms with Crippen molar-refractivity contribution in [1.82, 2.24) is 15.5 Å². The number of carbonyl (C=O) groups excluding carboxylic acids is 2. The first-order valence-electron chi connectivity index (χ1n) is 8.59. The van der Waals surface area contributed by atoms with Crippen LogP contribution in [0.15, 0.2) is 48.2 Å². The van der Waals surface area contributed by atoms with Crippen LogP contribution in [0.1, 0.15) is 18.4 Å². The van der Waals surface area contributed by atoms with Crippen LogP contribution in [0.3, 0.4) is 0 Å². The van der Waals surface area contributed by atoms with Crippen LogP contribution in [0, 0.1) is 0 Å². The van der Waals surface area contributed by atoms with Gasteiger partial charge in [0, 0.05) is 30.8 Å². The van der Waals surface area contributed by atoms with E-state index in [1.54, 1.807) is 42.5 Å². The second kappa shape index (κ2) is 8.38. The first-order chi connectivity index (χ1) is 12.6. The summed E-state index contributed by atoms with van der Waals surface area (Å²) in [5, 5.41) is 6.56. The topological polar surface area (TPSA) is 70.7 Å². The minimum Gasteiger partial charge on any atom is -0.363 e. The van der Waals surface area contributed by atoms with E-state index in [-0.39, 0.29) is 18.0 Å². The first-order valence-corrected chi connectivity index (χ1v) is 8.96. The largest absolute Gasteiger partial charge is 0.363 e. The quantitative estimate of drug-likeness (QED) is 0.825. The van der Waals surface area contributed by atoms with E-state index in [0.29, 0.717) is 30.1 Å². The standard InChI is InChI=1S/C19H22ClN3O3/c1-26-17-11-14(8-9-21-17)19(25)23-10-2-3-16(23)18(24)22-12-13-4-6-15(20)7-5-13/h4-9,11,16-17,21H,2-3,10,12H2,1H3,(H,22,24)/t16-,17?/m0/s1. The second-order valence-electron chi connectivity index (χ2n) is 6.28. The average Bonchev–Trinajstić information content (AvgIpc) is 3.16. The molecule has 7 heteroatoms. The Morgan fingerprint density at radius 3 is 2.85 bits per heavy atom. The van der Waals surface area contributed by atoms with Gasteiger partial charge in [-0.2, -0.15) is 0 Å². The Labute approximate surface area is 157 Å². The number of likely N-dealkylation sites (tertiary alicyclic amines) is 1. The molecular weight excluding hydrogens is 354 g/mol. The van der Waals surface area contributed by atoms with Gasteiger partial charge in [-0.05, 0) is 48.9 Å². The van der Waals surface area contributed by atoms with Crippen LogP contribution < -0.4 is 10.6 Å². The van der Waals surface area contributed by atoms with E-state index in [1.807, 2.05) is 12.1 Å². The number of hydrogen-bond donors (Lipinski definition) is 2. The molecule has 1 unspecified atom stereocenters. The lowest BCUT2D eigenvalue weighted by Gasteiger charge is -2.26. The average molecular weight is 376 g/mol. The van der Waals surface area contributed by atoms with Gasteiger partial charge in [0.15, 0.2) is 0 Å². The van der Waals surface area contributed by atoms with Gasteiger partial charge in [0.1, 0.15) is 12.3 Å². The number of dihydropyridines is 1. The first kappa shape index (κ1) is 18.5. The van der Waals surface area contributed by atoms with E-state index >= 15 is 0 Å². The third-order valence-corrected chi connectivity index (χ3v) is 4.80. The minimum absolute atomic E-state index is 0.132. The predicted molar refractivity (Wildman–Crippen MR) is 99.2 cm³/mol. The lowest BCUT2D eigenvalue weighted by atomic mass is 10.1. The summed E-state index contributed by atoms with van der Waals surface area (Å²) in [5.74, 6) is -0.276. The van der Waals surface area contributed by atoms with E-state index in [2.05, 4.69) is 10.6 Å². The van der Waals surface area contributed by atoms with Crippen molar-refractivity contribution in [2.45, 2.75) is 31.7 Å². The molecule has 2 aliphatic heterocycles. The monoisotopic (exact) mass is 375 g/mol. The molecule has 6 nitrogen and oxygen atoms in total. The summed E-state index contributed by atoms with van der Waals surface area (Å²) in [7, 11) is 1.57. The SMILES string of the molecule is COC1C=C(C(=O)N2CCC[C@H]2C(=O)NCc2ccc(Cl)cc2)C=CN1. The fourth-order valence-corrected chi connectivity index (χ4v) is 3.26. The predicted octanol–water partition coefficient (Wildman–Crippen LogP) is 1.96. The van der Waals surface area contributed by atoms with Gasteiger partial charge in [0.05, 0.1) is 0 Å². The summed E-state index contributed by atoms with van der Waals surface area (Å²) in [6, 6.07) is 6.87. The summed E-state index contributed by atoms with van der Waals surface area (Å²) in [6.07, 6.45) is 6.27. The molecule has 2 heterocycles. The molecule has 2 N–H and O–H groups in total. The minimum atomic E-state index is -0.444. The van der Waals surface area contributed by atoms with Gasteiger partial charge >= 0.3 is 0 Å². The van der Waals surface area contributed by atoms with Crippen LogP contribution in [0.25, 0.3) is 0 Å². The van der Waals surface area contributed by atoms with Crippen molar-refractivity contribution in [3.63, 3.8) is 0 Å². The summed E-state index contributed by atoms with van der Waals surface area (Å²) in [5.41, 5.74) is 1.50. The maximum atomic E-state index is 12.8. The number of amides is 2. The van der Waals surface area contributed by atoms with Crippen LogP contribution in [0.4, 0.5) is 0 Å². The number of halogens is 1. The molecule has 0 bridgehead atoms. The molecule has 3 rings (SSSR count). The van der Waals surface area contributed by atoms with Gasteiger partial charge in [-0.3, -0.25) is 9.59 Å². The lowest BCUT2D eigenvalue weighted by Crippen LogP contribution is -2.46. The summed E-state index contributed by atoms with van der Waals surface area (Å²) in [6.45, 7) is 0.987. The molecule has 2 atom stereocenters. The number of nitrogens with one attached hydrogen (secondary N) is 2. The van der Waals surface area contributed by atoms with Crippen molar-refractivity contribution in [3.8, 4) is 0 Å². The van der Waals surface area contributed by atoms with Crippen LogP contribution in [-0.4, -0.2) is 42.6 Å². The van der Waals surface area contributed by atoms with Crippen molar-refractivity contribution in [3.05, 3.63) is 58.8 Å². The molecule has 1 aromatic rings. The van der Waals surface area contributed by atoms with Gasteiger partial charge in [-0.1, -0.05) is 23.7 Å². The smallest absolute Gasteiger partial charge is 0.254 e. The van der Waals surface area contributed by atoms with Crippen molar-refractivity contribution in [1.29, 1.82) is 0 Å². The number of hydrogen-bond acceptors (Lipinski definition) is 4. The highest BCUT2D eigenvalue weighted by molar-refractivity contribution is 6.30. The van der Waals surface area contributed by atoms with Gasteiger partial charge in [-0.15, -0.1) is 0 Å². The number of nitrogens with zero attached hydrogens (tertiary/aromatic N) is 1. The molecule has 0 radical (unpaired) electrons. The Kier molecular flexibility index (Phi) is 5.96. The van der Waals surface area contributed by atoms with Crippen molar-refractivity contribution < 1.29 is 14.3 Å². The Morgan fingerprint density at radius 1 is 1.35 bits per heavy atom. The molecule has 2 amide bonds. The summed E-state index contributed by atoms with van der Waals surface area (Å²) >= 11 is 5.87. The number of rotatable bonds is 5. The Morgan fingerprint density at radius 2 is 2.12 bits per heavy atom.